The van der Waals surface area contributed by atoms with E-state index in [1.165, 1.54) is 17.9 Å². The molecule has 0 saturated carbocycles. The molecule has 9 heteroatoms. The fourth-order valence-electron chi connectivity index (χ4n) is 4.22. The molecule has 4 heterocycles. The van der Waals surface area contributed by atoms with Gasteiger partial charge >= 0.3 is 0 Å². The topological polar surface area (TPSA) is 83.9 Å². The van der Waals surface area contributed by atoms with Crippen LogP contribution in [-0.4, -0.2) is 31.0 Å². The van der Waals surface area contributed by atoms with Crippen molar-refractivity contribution in [1.29, 1.82) is 0 Å². The first-order valence-electron chi connectivity index (χ1n) is 11.0. The summed E-state index contributed by atoms with van der Waals surface area (Å²) >= 11 is 6.03. The van der Waals surface area contributed by atoms with E-state index in [1.54, 1.807) is 52.6 Å². The second-order valence-corrected chi connectivity index (χ2v) is 8.45. The molecular formula is C26H22ClN5O3. The molecular weight excluding hydrogens is 466 g/mol. The molecule has 0 radical (unpaired) electrons. The van der Waals surface area contributed by atoms with E-state index in [0.29, 0.717) is 45.7 Å². The lowest BCUT2D eigenvalue weighted by Crippen LogP contribution is -2.24. The van der Waals surface area contributed by atoms with Gasteiger partial charge in [-0.3, -0.25) is 14.3 Å². The van der Waals surface area contributed by atoms with Crippen molar-refractivity contribution < 1.29 is 4.74 Å². The molecule has 0 aliphatic carbocycles. The van der Waals surface area contributed by atoms with Gasteiger partial charge in [0, 0.05) is 17.8 Å². The summed E-state index contributed by atoms with van der Waals surface area (Å²) in [5.41, 5.74) is 2.16. The van der Waals surface area contributed by atoms with Gasteiger partial charge in [0.15, 0.2) is 5.82 Å². The number of rotatable bonds is 6. The number of ether oxygens (including phenoxy) is 1. The van der Waals surface area contributed by atoms with Crippen LogP contribution in [0.1, 0.15) is 17.0 Å². The zero-order valence-corrected chi connectivity index (χ0v) is 19.9. The molecule has 0 spiro atoms. The predicted molar refractivity (Wildman–Crippen MR) is 135 cm³/mol. The number of hydrogen-bond acceptors (Lipinski definition) is 5. The van der Waals surface area contributed by atoms with Gasteiger partial charge in [-0.25, -0.2) is 4.98 Å². The molecule has 0 fully saturated rings. The van der Waals surface area contributed by atoms with Crippen LogP contribution in [0.5, 0.6) is 5.88 Å². The third kappa shape index (κ3) is 4.24. The van der Waals surface area contributed by atoms with Crippen LogP contribution in [0, 0.1) is 6.92 Å². The third-order valence-electron chi connectivity index (χ3n) is 5.88. The standard InChI is InChI=1S/C26H22ClN5O3/c1-17-25-20(14-24(33)30(17)16-19-10-6-11-21(27)28-19)31(15-18-8-4-3-5-9-18)32(26(25)34)22-12-7-13-23(29-22)35-2/h3-14H,15-16H2,1-2H3. The molecule has 0 atom stereocenters. The summed E-state index contributed by atoms with van der Waals surface area (Å²) in [6.07, 6.45) is 0. The fraction of sp³-hybridized carbons (Fsp3) is 0.154. The van der Waals surface area contributed by atoms with Crippen molar-refractivity contribution in [2.75, 3.05) is 7.11 Å². The molecule has 0 amide bonds. The number of hydrogen-bond donors (Lipinski definition) is 0. The highest BCUT2D eigenvalue weighted by molar-refractivity contribution is 6.29. The lowest BCUT2D eigenvalue weighted by atomic mass is 10.2. The molecule has 4 aromatic heterocycles. The fourth-order valence-corrected chi connectivity index (χ4v) is 4.40. The Bertz CT molecular complexity index is 1650. The largest absolute Gasteiger partial charge is 0.481 e. The molecule has 0 bridgehead atoms. The smallest absolute Gasteiger partial charge is 0.282 e. The Hall–Kier alpha value is -4.17. The van der Waals surface area contributed by atoms with E-state index >= 15 is 0 Å². The number of fused-ring (bicyclic) bond motifs is 1. The number of benzene rings is 1. The molecule has 0 aliphatic heterocycles. The van der Waals surface area contributed by atoms with Crippen LogP contribution in [-0.2, 0) is 13.1 Å². The molecule has 35 heavy (non-hydrogen) atoms. The minimum Gasteiger partial charge on any atom is -0.481 e. The van der Waals surface area contributed by atoms with Crippen molar-refractivity contribution in [2.45, 2.75) is 20.0 Å². The van der Waals surface area contributed by atoms with Crippen LogP contribution in [0.15, 0.2) is 82.4 Å². The summed E-state index contributed by atoms with van der Waals surface area (Å²) < 4.78 is 10.1. The van der Waals surface area contributed by atoms with E-state index in [4.69, 9.17) is 16.3 Å². The van der Waals surface area contributed by atoms with E-state index in [-0.39, 0.29) is 17.7 Å². The lowest BCUT2D eigenvalue weighted by molar-refractivity contribution is 0.396. The Morgan fingerprint density at radius 1 is 0.914 bits per heavy atom. The Labute approximate surface area is 205 Å². The van der Waals surface area contributed by atoms with Crippen molar-refractivity contribution in [3.8, 4) is 11.7 Å². The van der Waals surface area contributed by atoms with Crippen molar-refractivity contribution in [3.63, 3.8) is 0 Å². The minimum absolute atomic E-state index is 0.196. The summed E-state index contributed by atoms with van der Waals surface area (Å²) in [5, 5.41) is 0.780. The van der Waals surface area contributed by atoms with E-state index in [2.05, 4.69) is 9.97 Å². The second-order valence-electron chi connectivity index (χ2n) is 8.06. The van der Waals surface area contributed by atoms with Gasteiger partial charge in [0.05, 0.1) is 36.8 Å². The van der Waals surface area contributed by atoms with Gasteiger partial charge in [-0.1, -0.05) is 54.1 Å². The molecule has 0 unspecified atom stereocenters. The predicted octanol–water partition coefficient (Wildman–Crippen LogP) is 3.81. The van der Waals surface area contributed by atoms with Crippen LogP contribution in [0.2, 0.25) is 5.15 Å². The number of aryl methyl sites for hydroxylation is 1. The Morgan fingerprint density at radius 2 is 1.69 bits per heavy atom. The number of pyridine rings is 3. The van der Waals surface area contributed by atoms with E-state index < -0.39 is 0 Å². The highest BCUT2D eigenvalue weighted by Crippen LogP contribution is 2.20. The Kier molecular flexibility index (Phi) is 5.96. The zero-order valence-electron chi connectivity index (χ0n) is 19.2. The molecule has 8 nitrogen and oxygen atoms in total. The Balaban J connectivity index is 1.77. The zero-order chi connectivity index (χ0) is 24.5. The highest BCUT2D eigenvalue weighted by atomic mass is 35.5. The average molecular weight is 488 g/mol. The number of methoxy groups -OCH3 is 1. The lowest BCUT2D eigenvalue weighted by Gasteiger charge is -2.14. The quantitative estimate of drug-likeness (QED) is 0.340. The van der Waals surface area contributed by atoms with Gasteiger partial charge in [0.25, 0.3) is 11.1 Å². The van der Waals surface area contributed by atoms with Crippen LogP contribution < -0.4 is 15.9 Å². The number of nitrogens with zero attached hydrogens (tertiary/aromatic N) is 5. The SMILES string of the molecule is COc1cccc(-n2c(=O)c3c(C)n(Cc4cccc(Cl)n4)c(=O)cc3n2Cc2ccccc2)n1. The first kappa shape index (κ1) is 22.6. The number of aromatic nitrogens is 5. The molecule has 0 saturated heterocycles. The average Bonchev–Trinajstić information content (AvgIpc) is 3.13. The van der Waals surface area contributed by atoms with E-state index in [1.807, 2.05) is 30.3 Å². The van der Waals surface area contributed by atoms with Gasteiger partial charge in [-0.2, -0.15) is 9.67 Å². The molecule has 0 aliphatic rings. The summed E-state index contributed by atoms with van der Waals surface area (Å²) in [6, 6.07) is 21.7. The summed E-state index contributed by atoms with van der Waals surface area (Å²) in [4.78, 5) is 35.9. The monoisotopic (exact) mass is 487 g/mol. The molecule has 0 N–H and O–H groups in total. The van der Waals surface area contributed by atoms with Crippen molar-refractivity contribution in [1.82, 2.24) is 23.9 Å². The van der Waals surface area contributed by atoms with Crippen LogP contribution >= 0.6 is 11.6 Å². The third-order valence-corrected chi connectivity index (χ3v) is 6.09. The van der Waals surface area contributed by atoms with E-state index in [9.17, 15) is 9.59 Å². The minimum atomic E-state index is -0.276. The van der Waals surface area contributed by atoms with Gasteiger partial charge in [-0.05, 0) is 30.7 Å². The summed E-state index contributed by atoms with van der Waals surface area (Å²) in [7, 11) is 1.52. The molecule has 5 aromatic rings. The maximum atomic E-state index is 13.8. The Morgan fingerprint density at radius 3 is 2.43 bits per heavy atom. The second kappa shape index (κ2) is 9.23. The van der Waals surface area contributed by atoms with Crippen molar-refractivity contribution in [3.05, 3.63) is 116 Å². The van der Waals surface area contributed by atoms with Gasteiger partial charge in [-0.15, -0.1) is 0 Å². The first-order chi connectivity index (χ1) is 17.0. The maximum absolute atomic E-state index is 13.8. The first-order valence-corrected chi connectivity index (χ1v) is 11.4. The molecule has 1 aromatic carbocycles. The summed E-state index contributed by atoms with van der Waals surface area (Å²) in [6.45, 7) is 2.34. The summed E-state index contributed by atoms with van der Waals surface area (Å²) in [5.74, 6) is 0.783. The van der Waals surface area contributed by atoms with Crippen molar-refractivity contribution in [2.24, 2.45) is 0 Å². The normalized spacial score (nSPS) is 11.2. The van der Waals surface area contributed by atoms with Gasteiger partial charge in [0.1, 0.15) is 5.15 Å². The van der Waals surface area contributed by atoms with E-state index in [0.717, 1.165) is 5.56 Å². The number of halogens is 1. The van der Waals surface area contributed by atoms with Crippen LogP contribution in [0.3, 0.4) is 0 Å². The molecule has 5 rings (SSSR count). The maximum Gasteiger partial charge on any atom is 0.282 e. The molecule has 176 valence electrons. The van der Waals surface area contributed by atoms with Crippen molar-refractivity contribution >= 4 is 22.5 Å². The van der Waals surface area contributed by atoms with Gasteiger partial charge in [0.2, 0.25) is 5.88 Å². The van der Waals surface area contributed by atoms with Crippen LogP contribution in [0.25, 0.3) is 16.7 Å². The van der Waals surface area contributed by atoms with Gasteiger partial charge < -0.3 is 9.30 Å². The highest BCUT2D eigenvalue weighted by Gasteiger charge is 2.21. The van der Waals surface area contributed by atoms with Crippen LogP contribution in [0.4, 0.5) is 0 Å².